The minimum atomic E-state index is -4.48. The van der Waals surface area contributed by atoms with Crippen molar-refractivity contribution in [1.29, 1.82) is 0 Å². The zero-order valence-corrected chi connectivity index (χ0v) is 27.5. The molecule has 2 aromatic rings. The second-order valence-electron chi connectivity index (χ2n) is 10.2. The second-order valence-corrected chi connectivity index (χ2v) is 13.9. The number of hydrogen-bond donors (Lipinski definition) is 1. The summed E-state index contributed by atoms with van der Waals surface area (Å²) in [6.45, 7) is 6.04. The molecule has 0 spiro atoms. The number of methoxy groups -OCH3 is 1. The van der Waals surface area contributed by atoms with E-state index in [9.17, 15) is 27.6 Å². The van der Waals surface area contributed by atoms with E-state index in [1.165, 1.54) is 31.4 Å². The molecule has 4 amide bonds. The number of nitrogens with zero attached hydrogens (tertiary/aromatic N) is 1. The van der Waals surface area contributed by atoms with Crippen LogP contribution < -0.4 is 10.1 Å². The summed E-state index contributed by atoms with van der Waals surface area (Å²) in [7, 11) is -3.05. The van der Waals surface area contributed by atoms with Crippen LogP contribution in [0.15, 0.2) is 47.4 Å². The number of unbranched alkanes of at least 4 members (excludes halogenated alkanes) is 3. The largest absolute Gasteiger partial charge is 0.497 e. The van der Waals surface area contributed by atoms with Crippen LogP contribution in [0.25, 0.3) is 0 Å². The average Bonchev–Trinajstić information content (AvgIpc) is 3.28. The van der Waals surface area contributed by atoms with Crippen molar-refractivity contribution in [3.63, 3.8) is 0 Å². The number of hydrogen-bond acceptors (Lipinski definition) is 10. The molecule has 0 aromatic heterocycles. The fraction of sp³-hybridized carbons (Fsp3) is 0.438. The zero-order chi connectivity index (χ0) is 33.0. The van der Waals surface area contributed by atoms with Crippen LogP contribution in [0.3, 0.4) is 0 Å². The molecule has 0 saturated carbocycles. The van der Waals surface area contributed by atoms with Gasteiger partial charge < -0.3 is 14.2 Å². The first kappa shape index (κ1) is 35.5. The molecule has 1 N–H and O–H groups in total. The number of carbonyl (C=O) groups is 4. The lowest BCUT2D eigenvalue weighted by Gasteiger charge is -2.25. The minimum Gasteiger partial charge on any atom is -0.497 e. The van der Waals surface area contributed by atoms with Gasteiger partial charge in [-0.1, -0.05) is 44.6 Å². The van der Waals surface area contributed by atoms with Crippen LogP contribution in [-0.2, 0) is 24.1 Å². The van der Waals surface area contributed by atoms with E-state index in [0.717, 1.165) is 18.4 Å². The lowest BCUT2D eigenvalue weighted by atomic mass is 10.1. The lowest BCUT2D eigenvalue weighted by molar-refractivity contribution is -0.126. The molecule has 1 saturated heterocycles. The highest BCUT2D eigenvalue weighted by Gasteiger charge is 2.63. The molecule has 0 radical (unpaired) electrons. The maximum Gasteiger partial charge on any atom is 0.424 e. The highest BCUT2D eigenvalue weighted by molar-refractivity contribution is 8.25. The van der Waals surface area contributed by atoms with Crippen molar-refractivity contribution in [1.82, 2.24) is 4.90 Å². The van der Waals surface area contributed by atoms with Gasteiger partial charge in [0, 0.05) is 17.7 Å². The molecule has 1 fully saturated rings. The molecule has 45 heavy (non-hydrogen) atoms. The topological polar surface area (TPSA) is 145 Å². The molecule has 0 aliphatic carbocycles. The van der Waals surface area contributed by atoms with Gasteiger partial charge in [-0.15, -0.1) is 0 Å². The Morgan fingerprint density at radius 2 is 1.64 bits per heavy atom. The molecule has 13 heteroatoms. The van der Waals surface area contributed by atoms with Crippen LogP contribution >= 0.6 is 11.8 Å². The predicted molar refractivity (Wildman–Crippen MR) is 171 cm³/mol. The summed E-state index contributed by atoms with van der Waals surface area (Å²) in [5.74, 6) is 5.26. The maximum atomic E-state index is 14.0. The first-order valence-electron chi connectivity index (χ1n) is 14.7. The average molecular weight is 659 g/mol. The van der Waals surface area contributed by atoms with Crippen molar-refractivity contribution in [3.8, 4) is 17.6 Å². The van der Waals surface area contributed by atoms with Crippen molar-refractivity contribution >= 4 is 50.6 Å². The highest BCUT2D eigenvalue weighted by Crippen LogP contribution is 2.48. The van der Waals surface area contributed by atoms with Crippen LogP contribution in [0.4, 0.5) is 20.1 Å². The van der Waals surface area contributed by atoms with Crippen molar-refractivity contribution < 1.29 is 41.8 Å². The summed E-state index contributed by atoms with van der Waals surface area (Å²) in [4.78, 5) is 51.4. The number of benzene rings is 2. The summed E-state index contributed by atoms with van der Waals surface area (Å²) >= 11 is 0.297. The van der Waals surface area contributed by atoms with Gasteiger partial charge in [-0.25, -0.2) is 18.0 Å². The zero-order valence-electron chi connectivity index (χ0n) is 25.8. The predicted octanol–water partition coefficient (Wildman–Crippen LogP) is 6.68. The second kappa shape index (κ2) is 16.3. The smallest absolute Gasteiger partial charge is 0.424 e. The Balaban J connectivity index is 1.82. The van der Waals surface area contributed by atoms with Gasteiger partial charge in [0.25, 0.3) is 11.1 Å². The van der Waals surface area contributed by atoms with Crippen LogP contribution in [0.5, 0.6) is 5.75 Å². The molecule has 1 aliphatic rings. The quantitative estimate of drug-likeness (QED) is 0.183. The summed E-state index contributed by atoms with van der Waals surface area (Å²) in [5, 5.41) is 1.66. The molecule has 1 atom stereocenters. The number of imide groups is 3. The van der Waals surface area contributed by atoms with Crippen molar-refractivity contribution in [3.05, 3.63) is 53.6 Å². The van der Waals surface area contributed by atoms with E-state index in [0.29, 0.717) is 48.2 Å². The van der Waals surface area contributed by atoms with Crippen LogP contribution in [0.2, 0.25) is 0 Å². The molecule has 2 aromatic carbocycles. The number of aryl methyl sites for hydroxylation is 1. The fourth-order valence-electron chi connectivity index (χ4n) is 4.28. The molecule has 11 nitrogen and oxygen atoms in total. The Kier molecular flexibility index (Phi) is 12.9. The van der Waals surface area contributed by atoms with Crippen LogP contribution in [-0.4, -0.2) is 61.1 Å². The number of sulfone groups is 1. The van der Waals surface area contributed by atoms with Gasteiger partial charge in [0.15, 0.2) is 0 Å². The van der Waals surface area contributed by atoms with Gasteiger partial charge in [-0.2, -0.15) is 4.90 Å². The Bertz CT molecular complexity index is 1560. The molecule has 242 valence electrons. The fourth-order valence-corrected chi connectivity index (χ4v) is 7.79. The number of carbonyl (C=O) groups excluding carboxylic acids is 4. The van der Waals surface area contributed by atoms with E-state index in [2.05, 4.69) is 17.2 Å². The summed E-state index contributed by atoms with van der Waals surface area (Å²) in [6, 6.07) is 10.7. The third-order valence-electron chi connectivity index (χ3n) is 6.92. The number of anilines is 1. The van der Waals surface area contributed by atoms with Crippen molar-refractivity contribution in [2.24, 2.45) is 0 Å². The van der Waals surface area contributed by atoms with Gasteiger partial charge >= 0.3 is 12.2 Å². The van der Waals surface area contributed by atoms with E-state index < -0.39 is 37.2 Å². The summed E-state index contributed by atoms with van der Waals surface area (Å²) in [5.41, 5.74) is 2.01. The molecule has 1 heterocycles. The van der Waals surface area contributed by atoms with E-state index in [1.54, 1.807) is 18.2 Å². The number of nitrogens with one attached hydrogen (secondary N) is 1. The Hall–Kier alpha value is -4.02. The summed E-state index contributed by atoms with van der Waals surface area (Å²) in [6.07, 6.45) is 1.15. The van der Waals surface area contributed by atoms with E-state index in [4.69, 9.17) is 14.2 Å². The van der Waals surface area contributed by atoms with Crippen molar-refractivity contribution in [2.75, 3.05) is 25.6 Å². The van der Waals surface area contributed by atoms with Gasteiger partial charge in [0.2, 0.25) is 13.9 Å². The Morgan fingerprint density at radius 3 is 2.29 bits per heavy atom. The number of thioether (sulfide) groups is 1. The molecule has 3 rings (SSSR count). The maximum absolute atomic E-state index is 14.0. The van der Waals surface area contributed by atoms with Gasteiger partial charge in [0.05, 0.1) is 25.2 Å². The minimum absolute atomic E-state index is 0.0128. The van der Waals surface area contributed by atoms with Gasteiger partial charge in [0.1, 0.15) is 5.75 Å². The Morgan fingerprint density at radius 1 is 0.978 bits per heavy atom. The molecular weight excluding hydrogens is 620 g/mol. The molecule has 0 bridgehead atoms. The number of ether oxygens (including phenoxy) is 3. The first-order valence-corrected chi connectivity index (χ1v) is 17.0. The van der Waals surface area contributed by atoms with Gasteiger partial charge in [-0.3, -0.25) is 14.9 Å². The van der Waals surface area contributed by atoms with E-state index in [-0.39, 0.29) is 35.7 Å². The van der Waals surface area contributed by atoms with E-state index in [1.807, 2.05) is 20.8 Å². The molecular formula is C32H38N2O9S2. The normalized spacial score (nSPS) is 16.1. The molecule has 1 aliphatic heterocycles. The number of rotatable bonds is 13. The Labute approximate surface area is 268 Å². The standard InChI is InChI=1S/C32H38N2O9S2/c1-5-7-20-42-29(36)33-25-14-13-23(3)24(22-25)12-10-9-11-19-32(45(39,40)27-17-15-26(41-4)16-18-27)28(35)34(31(38)44-32)30(37)43-21-8-6-2/h13-18,22H,5-9,11,19-21H2,1-4H3,(H,33,36). The number of amides is 4. The first-order chi connectivity index (χ1) is 21.5. The van der Waals surface area contributed by atoms with Crippen molar-refractivity contribution in [2.45, 2.75) is 74.7 Å². The third kappa shape index (κ3) is 8.58. The van der Waals surface area contributed by atoms with E-state index >= 15 is 0 Å². The third-order valence-corrected chi connectivity index (χ3v) is 11.0. The summed E-state index contributed by atoms with van der Waals surface area (Å²) < 4.78 is 41.0. The lowest BCUT2D eigenvalue weighted by Crippen LogP contribution is -2.47. The SMILES string of the molecule is CCCCOC(=O)Nc1ccc(C)c(C#CCCCC2(S(=O)(=O)c3ccc(OC)cc3)SC(=O)N(C(=O)OCCCC)C2=O)c1. The van der Waals surface area contributed by atoms with Gasteiger partial charge in [-0.05, 0) is 86.3 Å². The highest BCUT2D eigenvalue weighted by atomic mass is 32.3. The monoisotopic (exact) mass is 658 g/mol. The van der Waals surface area contributed by atoms with Crippen LogP contribution in [0, 0.1) is 18.8 Å². The molecule has 1 unspecified atom stereocenters. The van der Waals surface area contributed by atoms with Crippen LogP contribution in [0.1, 0.15) is 69.9 Å².